The van der Waals surface area contributed by atoms with Crippen LogP contribution in [0.5, 0.6) is 0 Å². The van der Waals surface area contributed by atoms with Crippen LogP contribution in [0.3, 0.4) is 0 Å². The van der Waals surface area contributed by atoms with Crippen molar-refractivity contribution in [3.05, 3.63) is 36.8 Å². The highest BCUT2D eigenvalue weighted by Crippen LogP contribution is 2.27. The molecule has 0 atom stereocenters. The Morgan fingerprint density at radius 1 is 0.893 bits per heavy atom. The van der Waals surface area contributed by atoms with E-state index in [2.05, 4.69) is 53.4 Å². The molecule has 0 saturated carbocycles. The van der Waals surface area contributed by atoms with E-state index in [1.54, 1.807) is 0 Å². The molecule has 9 heteroatoms. The summed E-state index contributed by atoms with van der Waals surface area (Å²) in [6, 6.07) is 2.41. The molecule has 0 bridgehead atoms. The second-order valence-electron chi connectivity index (χ2n) is 7.41. The van der Waals surface area contributed by atoms with Gasteiger partial charge >= 0.3 is 0 Å². The molecule has 0 aromatic carbocycles. The van der Waals surface area contributed by atoms with E-state index in [1.165, 1.54) is 0 Å². The number of piperazine rings is 1. The Bertz CT molecular complexity index is 1130. The zero-order chi connectivity index (χ0) is 19.3. The lowest BCUT2D eigenvalue weighted by Crippen LogP contribution is -2.47. The van der Waals surface area contributed by atoms with Crippen molar-refractivity contribution in [2.45, 2.75) is 26.8 Å². The highest BCUT2D eigenvalue weighted by atomic mass is 15.3. The van der Waals surface area contributed by atoms with Crippen LogP contribution in [-0.4, -0.2) is 60.3 Å². The van der Waals surface area contributed by atoms with Gasteiger partial charge in [-0.05, 0) is 26.8 Å². The lowest BCUT2D eigenvalue weighted by molar-refractivity contribution is 0.617. The number of nitrogens with zero attached hydrogens (tertiary/aromatic N) is 9. The Kier molecular flexibility index (Phi) is 3.88. The molecular formula is C19H23N9. The van der Waals surface area contributed by atoms with Crippen molar-refractivity contribution >= 4 is 28.3 Å². The third-order valence-electron chi connectivity index (χ3n) is 5.39. The summed E-state index contributed by atoms with van der Waals surface area (Å²) in [5, 5.41) is 8.48. The first kappa shape index (κ1) is 16.9. The average Bonchev–Trinajstić information content (AvgIpc) is 3.32. The van der Waals surface area contributed by atoms with Crippen LogP contribution < -0.4 is 9.80 Å². The molecule has 1 fully saturated rings. The van der Waals surface area contributed by atoms with E-state index in [-0.39, 0.29) is 0 Å². The molecule has 0 radical (unpaired) electrons. The van der Waals surface area contributed by atoms with Gasteiger partial charge < -0.3 is 14.4 Å². The second kappa shape index (κ2) is 6.43. The van der Waals surface area contributed by atoms with Gasteiger partial charge in [0.1, 0.15) is 11.3 Å². The lowest BCUT2D eigenvalue weighted by atomic mass is 10.2. The Morgan fingerprint density at radius 2 is 1.61 bits per heavy atom. The van der Waals surface area contributed by atoms with Crippen LogP contribution in [0, 0.1) is 6.92 Å². The van der Waals surface area contributed by atoms with Gasteiger partial charge in [0.15, 0.2) is 11.6 Å². The van der Waals surface area contributed by atoms with Crippen molar-refractivity contribution in [2.24, 2.45) is 0 Å². The van der Waals surface area contributed by atoms with Gasteiger partial charge in [0.2, 0.25) is 5.65 Å². The molecule has 144 valence electrons. The normalized spacial score (nSPS) is 15.3. The maximum absolute atomic E-state index is 4.65. The zero-order valence-electron chi connectivity index (χ0n) is 16.3. The van der Waals surface area contributed by atoms with Crippen LogP contribution in [0.2, 0.25) is 0 Å². The van der Waals surface area contributed by atoms with Gasteiger partial charge in [0, 0.05) is 50.8 Å². The fraction of sp³-hybridized carbons (Fsp3) is 0.421. The number of pyridine rings is 1. The van der Waals surface area contributed by atoms with E-state index < -0.39 is 0 Å². The number of rotatable bonds is 3. The molecule has 0 N–H and O–H groups in total. The number of aryl methyl sites for hydroxylation is 1. The summed E-state index contributed by atoms with van der Waals surface area (Å²) in [6.07, 6.45) is 7.51. The SMILES string of the molecule is Cc1nnc2c(N3CCN(c4nccc5c4ncn5C(C)C)CC3)nccn12. The second-order valence-corrected chi connectivity index (χ2v) is 7.41. The van der Waals surface area contributed by atoms with Crippen molar-refractivity contribution in [1.82, 2.24) is 34.1 Å². The molecular weight excluding hydrogens is 354 g/mol. The molecule has 5 rings (SSSR count). The highest BCUT2D eigenvalue weighted by molar-refractivity contribution is 5.86. The summed E-state index contributed by atoms with van der Waals surface area (Å²) in [5.74, 6) is 2.72. The van der Waals surface area contributed by atoms with E-state index in [4.69, 9.17) is 0 Å². The van der Waals surface area contributed by atoms with Gasteiger partial charge in [-0.1, -0.05) is 0 Å². The molecule has 1 aliphatic heterocycles. The molecule has 1 saturated heterocycles. The minimum Gasteiger partial charge on any atom is -0.351 e. The summed E-state index contributed by atoms with van der Waals surface area (Å²) >= 11 is 0. The van der Waals surface area contributed by atoms with E-state index >= 15 is 0 Å². The van der Waals surface area contributed by atoms with Crippen molar-refractivity contribution in [2.75, 3.05) is 36.0 Å². The van der Waals surface area contributed by atoms with Crippen LogP contribution in [-0.2, 0) is 0 Å². The Hall–Kier alpha value is -3.23. The van der Waals surface area contributed by atoms with Gasteiger partial charge in [-0.15, -0.1) is 10.2 Å². The smallest absolute Gasteiger partial charge is 0.203 e. The molecule has 28 heavy (non-hydrogen) atoms. The van der Waals surface area contributed by atoms with Gasteiger partial charge in [-0.3, -0.25) is 4.40 Å². The van der Waals surface area contributed by atoms with Crippen LogP contribution in [0.15, 0.2) is 31.0 Å². The van der Waals surface area contributed by atoms with Gasteiger partial charge in [0.25, 0.3) is 0 Å². The summed E-state index contributed by atoms with van der Waals surface area (Å²) < 4.78 is 4.17. The Morgan fingerprint density at radius 3 is 2.36 bits per heavy atom. The standard InChI is InChI=1S/C19H23N9/c1-13(2)28-12-22-16-15(28)4-5-20-17(16)25-8-10-26(11-9-25)18-19-24-23-14(3)27(19)7-6-21-18/h4-7,12-13H,8-11H2,1-3H3. The molecule has 5 heterocycles. The minimum absolute atomic E-state index is 0.371. The average molecular weight is 377 g/mol. The maximum atomic E-state index is 4.65. The summed E-state index contributed by atoms with van der Waals surface area (Å²) in [4.78, 5) is 18.4. The largest absolute Gasteiger partial charge is 0.351 e. The first-order valence-electron chi connectivity index (χ1n) is 9.61. The monoisotopic (exact) mass is 377 g/mol. The predicted molar refractivity (Wildman–Crippen MR) is 108 cm³/mol. The first-order valence-corrected chi connectivity index (χ1v) is 9.61. The topological polar surface area (TPSA) is 80.3 Å². The van der Waals surface area contributed by atoms with Crippen LogP contribution in [0.25, 0.3) is 16.7 Å². The molecule has 4 aromatic heterocycles. The van der Waals surface area contributed by atoms with Crippen molar-refractivity contribution in [1.29, 1.82) is 0 Å². The molecule has 0 aliphatic carbocycles. The lowest BCUT2D eigenvalue weighted by Gasteiger charge is -2.36. The van der Waals surface area contributed by atoms with E-state index in [0.29, 0.717) is 6.04 Å². The minimum atomic E-state index is 0.371. The van der Waals surface area contributed by atoms with Crippen LogP contribution >= 0.6 is 0 Å². The van der Waals surface area contributed by atoms with Crippen LogP contribution in [0.1, 0.15) is 25.7 Å². The molecule has 0 unspecified atom stereocenters. The number of aromatic nitrogens is 7. The number of hydrogen-bond acceptors (Lipinski definition) is 7. The van der Waals surface area contributed by atoms with E-state index in [0.717, 1.165) is 60.3 Å². The molecule has 0 spiro atoms. The Balaban J connectivity index is 1.41. The quantitative estimate of drug-likeness (QED) is 0.541. The van der Waals surface area contributed by atoms with Gasteiger partial charge in [-0.25, -0.2) is 15.0 Å². The number of fused-ring (bicyclic) bond motifs is 2. The van der Waals surface area contributed by atoms with Crippen molar-refractivity contribution in [3.8, 4) is 0 Å². The van der Waals surface area contributed by atoms with E-state index in [1.807, 2.05) is 42.3 Å². The summed E-state index contributed by atoms with van der Waals surface area (Å²) in [7, 11) is 0. The zero-order valence-corrected chi connectivity index (χ0v) is 16.3. The van der Waals surface area contributed by atoms with Gasteiger partial charge in [0.05, 0.1) is 11.8 Å². The number of imidazole rings is 1. The third kappa shape index (κ3) is 2.57. The van der Waals surface area contributed by atoms with E-state index in [9.17, 15) is 0 Å². The van der Waals surface area contributed by atoms with Crippen LogP contribution in [0.4, 0.5) is 11.6 Å². The fourth-order valence-corrected chi connectivity index (χ4v) is 3.87. The third-order valence-corrected chi connectivity index (χ3v) is 5.39. The maximum Gasteiger partial charge on any atom is 0.203 e. The fourth-order valence-electron chi connectivity index (χ4n) is 3.87. The van der Waals surface area contributed by atoms with Crippen molar-refractivity contribution in [3.63, 3.8) is 0 Å². The molecule has 4 aromatic rings. The molecule has 1 aliphatic rings. The predicted octanol–water partition coefficient (Wildman–Crippen LogP) is 2.08. The first-order chi connectivity index (χ1) is 13.6. The van der Waals surface area contributed by atoms with Crippen molar-refractivity contribution < 1.29 is 0 Å². The van der Waals surface area contributed by atoms with Gasteiger partial charge in [-0.2, -0.15) is 0 Å². The number of hydrogen-bond donors (Lipinski definition) is 0. The molecule has 9 nitrogen and oxygen atoms in total. The summed E-state index contributed by atoms with van der Waals surface area (Å²) in [6.45, 7) is 9.69. The Labute approximate surface area is 162 Å². The number of anilines is 2. The summed E-state index contributed by atoms with van der Waals surface area (Å²) in [5.41, 5.74) is 2.91. The highest BCUT2D eigenvalue weighted by Gasteiger charge is 2.24. The molecule has 0 amide bonds.